The van der Waals surface area contributed by atoms with Crippen molar-refractivity contribution < 1.29 is 14.3 Å². The number of benzene rings is 1. The molecule has 1 aromatic heterocycles. The minimum Gasteiger partial charge on any atom is -0.493 e. The van der Waals surface area contributed by atoms with Gasteiger partial charge in [0.15, 0.2) is 11.5 Å². The summed E-state index contributed by atoms with van der Waals surface area (Å²) in [6.07, 6.45) is 4.59. The van der Waals surface area contributed by atoms with E-state index in [-0.39, 0.29) is 11.9 Å². The fourth-order valence-electron chi connectivity index (χ4n) is 4.26. The quantitative estimate of drug-likeness (QED) is 0.808. The number of carbonyl (C=O) groups is 1. The molecule has 156 valence electrons. The second-order valence-electron chi connectivity index (χ2n) is 7.63. The number of rotatable bonds is 5. The van der Waals surface area contributed by atoms with Gasteiger partial charge in [-0.2, -0.15) is 0 Å². The number of fused-ring (bicyclic) bond motifs is 1. The van der Waals surface area contributed by atoms with Gasteiger partial charge in [0, 0.05) is 52.2 Å². The van der Waals surface area contributed by atoms with Crippen LogP contribution in [-0.4, -0.2) is 72.2 Å². The number of amides is 1. The molecule has 8 heteroatoms. The molecule has 1 fully saturated rings. The van der Waals surface area contributed by atoms with Crippen LogP contribution in [-0.2, 0) is 24.8 Å². The first kappa shape index (κ1) is 19.7. The number of aromatic nitrogens is 2. The third-order valence-electron chi connectivity index (χ3n) is 5.92. The summed E-state index contributed by atoms with van der Waals surface area (Å²) < 4.78 is 12.9. The first-order chi connectivity index (χ1) is 14.1. The molecular formula is C21H29N5O3. The summed E-state index contributed by atoms with van der Waals surface area (Å²) in [5, 5.41) is 3.42. The van der Waals surface area contributed by atoms with E-state index in [1.807, 2.05) is 41.0 Å². The minimum absolute atomic E-state index is 0.106. The number of carbonyl (C=O) groups excluding carboxylic acids is 1. The third-order valence-corrected chi connectivity index (χ3v) is 5.92. The van der Waals surface area contributed by atoms with Crippen LogP contribution in [0.2, 0.25) is 0 Å². The fraction of sp³-hybridized carbons (Fsp3) is 0.524. The van der Waals surface area contributed by atoms with Gasteiger partial charge in [0.2, 0.25) is 5.91 Å². The van der Waals surface area contributed by atoms with Crippen molar-refractivity contribution in [1.82, 2.24) is 24.7 Å². The van der Waals surface area contributed by atoms with E-state index in [0.29, 0.717) is 18.8 Å². The normalized spacial score (nSPS) is 19.7. The van der Waals surface area contributed by atoms with E-state index in [0.717, 1.165) is 49.7 Å². The largest absolute Gasteiger partial charge is 0.493 e. The Balaban J connectivity index is 1.47. The molecule has 1 amide bonds. The summed E-state index contributed by atoms with van der Waals surface area (Å²) >= 11 is 0. The van der Waals surface area contributed by atoms with Crippen LogP contribution < -0.4 is 14.8 Å². The van der Waals surface area contributed by atoms with Crippen molar-refractivity contribution >= 4 is 5.91 Å². The highest BCUT2D eigenvalue weighted by Gasteiger charge is 2.30. The van der Waals surface area contributed by atoms with Crippen molar-refractivity contribution in [3.05, 3.63) is 41.5 Å². The number of aryl methyl sites for hydroxylation is 1. The second-order valence-corrected chi connectivity index (χ2v) is 7.63. The summed E-state index contributed by atoms with van der Waals surface area (Å²) in [5.41, 5.74) is 2.35. The lowest BCUT2D eigenvalue weighted by molar-refractivity contribution is -0.134. The van der Waals surface area contributed by atoms with Gasteiger partial charge >= 0.3 is 0 Å². The molecule has 0 aliphatic carbocycles. The number of hydrogen-bond donors (Lipinski definition) is 1. The topological polar surface area (TPSA) is 71.9 Å². The number of nitrogens with zero attached hydrogens (tertiary/aromatic N) is 4. The number of hydrogen-bond acceptors (Lipinski definition) is 6. The zero-order valence-electron chi connectivity index (χ0n) is 17.4. The van der Waals surface area contributed by atoms with Crippen LogP contribution in [0.3, 0.4) is 0 Å². The Hall–Kier alpha value is -2.58. The Morgan fingerprint density at radius 3 is 2.66 bits per heavy atom. The second kappa shape index (κ2) is 8.42. The van der Waals surface area contributed by atoms with E-state index in [4.69, 9.17) is 9.47 Å². The Morgan fingerprint density at radius 2 is 1.97 bits per heavy atom. The Labute approximate surface area is 171 Å². The zero-order valence-corrected chi connectivity index (χ0v) is 17.4. The molecule has 29 heavy (non-hydrogen) atoms. The first-order valence-corrected chi connectivity index (χ1v) is 10.0. The molecule has 2 aliphatic rings. The number of imidazole rings is 1. The minimum atomic E-state index is 0.106. The van der Waals surface area contributed by atoms with Gasteiger partial charge in [-0.15, -0.1) is 0 Å². The maximum absolute atomic E-state index is 13.1. The van der Waals surface area contributed by atoms with Crippen molar-refractivity contribution in [3.8, 4) is 11.5 Å². The Bertz CT molecular complexity index is 881. The number of piperazine rings is 1. The maximum Gasteiger partial charge on any atom is 0.237 e. The highest BCUT2D eigenvalue weighted by Crippen LogP contribution is 2.33. The smallest absolute Gasteiger partial charge is 0.237 e. The molecule has 3 heterocycles. The molecule has 0 saturated carbocycles. The summed E-state index contributed by atoms with van der Waals surface area (Å²) in [5.74, 6) is 2.60. The lowest BCUT2D eigenvalue weighted by Crippen LogP contribution is -2.51. The van der Waals surface area contributed by atoms with E-state index >= 15 is 0 Å². The fourth-order valence-corrected chi connectivity index (χ4v) is 4.26. The lowest BCUT2D eigenvalue weighted by atomic mass is 9.98. The number of methoxy groups -OCH3 is 2. The van der Waals surface area contributed by atoms with Crippen molar-refractivity contribution in [2.45, 2.75) is 19.0 Å². The molecule has 1 N–H and O–H groups in total. The average Bonchev–Trinajstić information content (AvgIpc) is 3.18. The third kappa shape index (κ3) is 3.95. The summed E-state index contributed by atoms with van der Waals surface area (Å²) in [4.78, 5) is 21.8. The highest BCUT2D eigenvalue weighted by molar-refractivity contribution is 5.78. The molecule has 1 aromatic carbocycles. The monoisotopic (exact) mass is 399 g/mol. The van der Waals surface area contributed by atoms with Gasteiger partial charge in [0.25, 0.3) is 0 Å². The average molecular weight is 399 g/mol. The van der Waals surface area contributed by atoms with Gasteiger partial charge in [0.1, 0.15) is 5.82 Å². The predicted molar refractivity (Wildman–Crippen MR) is 109 cm³/mol. The summed E-state index contributed by atoms with van der Waals surface area (Å²) in [6, 6.07) is 4.13. The Kier molecular flexibility index (Phi) is 5.73. The molecule has 4 rings (SSSR count). The molecule has 8 nitrogen and oxygen atoms in total. The van der Waals surface area contributed by atoms with Gasteiger partial charge in [0.05, 0.1) is 26.8 Å². The summed E-state index contributed by atoms with van der Waals surface area (Å²) in [6.45, 7) is 4.25. The van der Waals surface area contributed by atoms with Crippen molar-refractivity contribution in [2.75, 3.05) is 46.9 Å². The van der Waals surface area contributed by atoms with Crippen LogP contribution in [0.15, 0.2) is 24.5 Å². The lowest BCUT2D eigenvalue weighted by Gasteiger charge is -2.37. The van der Waals surface area contributed by atoms with E-state index < -0.39 is 0 Å². The molecule has 2 aliphatic heterocycles. The molecule has 1 unspecified atom stereocenters. The van der Waals surface area contributed by atoms with Crippen LogP contribution in [0.25, 0.3) is 0 Å². The van der Waals surface area contributed by atoms with Crippen molar-refractivity contribution in [3.63, 3.8) is 0 Å². The SMILES string of the molecule is COc1cc2c(cc1OC)CN(C(=O)CN1CCNCC1c1nccn1C)CC2. The van der Waals surface area contributed by atoms with E-state index in [1.54, 1.807) is 14.2 Å². The summed E-state index contributed by atoms with van der Waals surface area (Å²) in [7, 11) is 5.28. The van der Waals surface area contributed by atoms with Gasteiger partial charge in [-0.05, 0) is 29.7 Å². The van der Waals surface area contributed by atoms with E-state index in [1.165, 1.54) is 5.56 Å². The van der Waals surface area contributed by atoms with Gasteiger partial charge in [-0.1, -0.05) is 0 Å². The molecule has 0 radical (unpaired) electrons. The van der Waals surface area contributed by atoms with Crippen LogP contribution >= 0.6 is 0 Å². The standard InChI is InChI=1S/C21H29N5O3/c1-24-8-6-23-21(24)17-12-22-5-9-25(17)14-20(27)26-7-4-15-10-18(28-2)19(29-3)11-16(15)13-26/h6,8,10-11,17,22H,4-5,7,9,12-14H2,1-3H3. The molecule has 0 spiro atoms. The predicted octanol–water partition coefficient (Wildman–Crippen LogP) is 0.969. The number of nitrogens with one attached hydrogen (secondary N) is 1. The zero-order chi connectivity index (χ0) is 20.4. The highest BCUT2D eigenvalue weighted by atomic mass is 16.5. The van der Waals surface area contributed by atoms with E-state index in [2.05, 4.69) is 15.2 Å². The van der Waals surface area contributed by atoms with Crippen molar-refractivity contribution in [1.29, 1.82) is 0 Å². The number of ether oxygens (including phenoxy) is 2. The van der Waals surface area contributed by atoms with Gasteiger partial charge in [-0.3, -0.25) is 9.69 Å². The van der Waals surface area contributed by atoms with Gasteiger partial charge < -0.3 is 24.3 Å². The Morgan fingerprint density at radius 1 is 1.21 bits per heavy atom. The molecule has 1 saturated heterocycles. The molecule has 0 bridgehead atoms. The first-order valence-electron chi connectivity index (χ1n) is 10.0. The van der Waals surface area contributed by atoms with Gasteiger partial charge in [-0.25, -0.2) is 4.98 Å². The molecular weight excluding hydrogens is 370 g/mol. The van der Waals surface area contributed by atoms with Crippen LogP contribution in [0, 0.1) is 0 Å². The van der Waals surface area contributed by atoms with Crippen LogP contribution in [0.1, 0.15) is 23.0 Å². The van der Waals surface area contributed by atoms with Crippen LogP contribution in [0.5, 0.6) is 11.5 Å². The molecule has 2 aromatic rings. The van der Waals surface area contributed by atoms with Crippen LogP contribution in [0.4, 0.5) is 0 Å². The van der Waals surface area contributed by atoms with E-state index in [9.17, 15) is 4.79 Å². The van der Waals surface area contributed by atoms with Crippen molar-refractivity contribution in [2.24, 2.45) is 7.05 Å². The molecule has 1 atom stereocenters. The maximum atomic E-state index is 13.1.